The first-order valence-electron chi connectivity index (χ1n) is 7.92. The van der Waals surface area contributed by atoms with Crippen LogP contribution in [0.1, 0.15) is 27.2 Å². The number of anilines is 1. The van der Waals surface area contributed by atoms with Crippen molar-refractivity contribution in [3.63, 3.8) is 0 Å². The Kier molecular flexibility index (Phi) is 4.95. The van der Waals surface area contributed by atoms with Crippen LogP contribution in [0.15, 0.2) is 40.9 Å². The number of carbonyl (C=O) groups is 1. The van der Waals surface area contributed by atoms with Gasteiger partial charge in [-0.1, -0.05) is 40.5 Å². The number of benzene rings is 2. The normalized spacial score (nSPS) is 10.7. The van der Waals surface area contributed by atoms with Gasteiger partial charge in [0.15, 0.2) is 0 Å². The Hall–Kier alpha value is -2.86. The molecule has 0 aliphatic heterocycles. The molecule has 3 aromatic rings. The Morgan fingerprint density at radius 2 is 1.96 bits per heavy atom. The van der Waals surface area contributed by atoms with Gasteiger partial charge in [0.2, 0.25) is 0 Å². The molecule has 1 heterocycles. The van der Waals surface area contributed by atoms with Gasteiger partial charge < -0.3 is 4.52 Å². The zero-order valence-corrected chi connectivity index (χ0v) is 15.2. The van der Waals surface area contributed by atoms with E-state index in [2.05, 4.69) is 16.0 Å². The average molecular weight is 374 g/mol. The van der Waals surface area contributed by atoms with Crippen LogP contribution in [0.4, 0.5) is 10.1 Å². The summed E-state index contributed by atoms with van der Waals surface area (Å²) in [6.45, 7) is 5.49. The lowest BCUT2D eigenvalue weighted by molar-refractivity contribution is 0.0961. The first-order chi connectivity index (χ1) is 12.4. The lowest BCUT2D eigenvalue weighted by Gasteiger charge is -2.12. The molecule has 26 heavy (non-hydrogen) atoms. The fourth-order valence-corrected chi connectivity index (χ4v) is 2.93. The van der Waals surface area contributed by atoms with E-state index in [1.807, 2.05) is 32.0 Å². The van der Waals surface area contributed by atoms with Crippen LogP contribution in [0.3, 0.4) is 0 Å². The second-order valence-electron chi connectivity index (χ2n) is 5.96. The molecule has 2 aromatic carbocycles. The van der Waals surface area contributed by atoms with Crippen molar-refractivity contribution < 1.29 is 13.7 Å². The number of halogens is 2. The highest BCUT2D eigenvalue weighted by molar-refractivity contribution is 6.33. The van der Waals surface area contributed by atoms with Crippen molar-refractivity contribution in [2.45, 2.75) is 20.8 Å². The van der Waals surface area contributed by atoms with Gasteiger partial charge in [-0.25, -0.2) is 4.39 Å². The predicted octanol–water partition coefficient (Wildman–Crippen LogP) is 4.82. The van der Waals surface area contributed by atoms with Crippen LogP contribution in [0.5, 0.6) is 0 Å². The highest BCUT2D eigenvalue weighted by Crippen LogP contribution is 2.33. The standard InChI is InChI=1S/C19H17ClFN3O2/c1-10-7-8-15(11(2)9-10)22-23-19(25)16-12(3)26-24-18(16)17-13(20)5-4-6-14(17)21/h4-9,22H,1-3H3,(H,23,25). The largest absolute Gasteiger partial charge is 0.360 e. The molecule has 1 amide bonds. The molecule has 0 saturated carbocycles. The molecule has 0 saturated heterocycles. The molecule has 134 valence electrons. The molecule has 3 rings (SSSR count). The highest BCUT2D eigenvalue weighted by atomic mass is 35.5. The maximum absolute atomic E-state index is 14.2. The van der Waals surface area contributed by atoms with E-state index in [9.17, 15) is 9.18 Å². The fraction of sp³-hybridized carbons (Fsp3) is 0.158. The van der Waals surface area contributed by atoms with E-state index < -0.39 is 11.7 Å². The number of hydrogen-bond acceptors (Lipinski definition) is 4. The fourth-order valence-electron chi connectivity index (χ4n) is 2.67. The maximum atomic E-state index is 14.2. The van der Waals surface area contributed by atoms with Gasteiger partial charge in [-0.2, -0.15) is 0 Å². The van der Waals surface area contributed by atoms with Gasteiger partial charge in [0.05, 0.1) is 16.3 Å². The second kappa shape index (κ2) is 7.17. The van der Waals surface area contributed by atoms with E-state index in [1.54, 1.807) is 6.92 Å². The molecule has 0 spiro atoms. The van der Waals surface area contributed by atoms with Gasteiger partial charge >= 0.3 is 0 Å². The third kappa shape index (κ3) is 3.41. The number of aryl methyl sites for hydroxylation is 3. The third-order valence-electron chi connectivity index (χ3n) is 3.98. The maximum Gasteiger partial charge on any atom is 0.275 e. The smallest absolute Gasteiger partial charge is 0.275 e. The van der Waals surface area contributed by atoms with Crippen LogP contribution >= 0.6 is 11.6 Å². The molecule has 0 atom stereocenters. The molecule has 0 unspecified atom stereocenters. The van der Waals surface area contributed by atoms with Gasteiger partial charge in [-0.3, -0.25) is 15.6 Å². The number of carbonyl (C=O) groups excluding carboxylic acids is 1. The zero-order chi connectivity index (χ0) is 18.8. The van der Waals surface area contributed by atoms with E-state index in [-0.39, 0.29) is 27.6 Å². The van der Waals surface area contributed by atoms with Crippen LogP contribution in [0.2, 0.25) is 5.02 Å². The molecule has 1 aromatic heterocycles. The minimum atomic E-state index is -0.581. The summed E-state index contributed by atoms with van der Waals surface area (Å²) in [5.41, 5.74) is 8.52. The minimum Gasteiger partial charge on any atom is -0.360 e. The van der Waals surface area contributed by atoms with Crippen molar-refractivity contribution in [2.24, 2.45) is 0 Å². The lowest BCUT2D eigenvalue weighted by atomic mass is 10.1. The molecular weight excluding hydrogens is 357 g/mol. The van der Waals surface area contributed by atoms with Crippen LogP contribution in [0.25, 0.3) is 11.3 Å². The van der Waals surface area contributed by atoms with Crippen LogP contribution in [-0.4, -0.2) is 11.1 Å². The van der Waals surface area contributed by atoms with Gasteiger partial charge in [-0.15, -0.1) is 0 Å². The van der Waals surface area contributed by atoms with Gasteiger partial charge in [0, 0.05) is 0 Å². The Morgan fingerprint density at radius 3 is 2.65 bits per heavy atom. The van der Waals surface area contributed by atoms with Gasteiger partial charge in [-0.05, 0) is 44.5 Å². The van der Waals surface area contributed by atoms with Crippen LogP contribution in [0, 0.1) is 26.6 Å². The number of rotatable bonds is 4. The van der Waals surface area contributed by atoms with Crippen LogP contribution < -0.4 is 10.9 Å². The van der Waals surface area contributed by atoms with Gasteiger partial charge in [0.25, 0.3) is 5.91 Å². The molecule has 0 aliphatic rings. The second-order valence-corrected chi connectivity index (χ2v) is 6.36. The topological polar surface area (TPSA) is 67.2 Å². The first-order valence-corrected chi connectivity index (χ1v) is 8.30. The summed E-state index contributed by atoms with van der Waals surface area (Å²) in [4.78, 5) is 12.7. The molecule has 0 aliphatic carbocycles. The van der Waals surface area contributed by atoms with Crippen molar-refractivity contribution in [3.8, 4) is 11.3 Å². The van der Waals surface area contributed by atoms with Crippen molar-refractivity contribution in [3.05, 3.63) is 69.7 Å². The number of nitrogens with one attached hydrogen (secondary N) is 2. The van der Waals surface area contributed by atoms with E-state index in [4.69, 9.17) is 16.1 Å². The van der Waals surface area contributed by atoms with Crippen LogP contribution in [-0.2, 0) is 0 Å². The summed E-state index contributed by atoms with van der Waals surface area (Å²) in [7, 11) is 0. The predicted molar refractivity (Wildman–Crippen MR) is 98.6 cm³/mol. The quantitative estimate of drug-likeness (QED) is 0.643. The van der Waals surface area contributed by atoms with E-state index >= 15 is 0 Å². The molecule has 2 N–H and O–H groups in total. The van der Waals surface area contributed by atoms with Crippen molar-refractivity contribution in [2.75, 3.05) is 5.43 Å². The van der Waals surface area contributed by atoms with Crippen molar-refractivity contribution in [1.82, 2.24) is 10.6 Å². The number of hydrazine groups is 1. The Morgan fingerprint density at radius 1 is 1.19 bits per heavy atom. The lowest BCUT2D eigenvalue weighted by Crippen LogP contribution is -2.30. The molecule has 0 bridgehead atoms. The summed E-state index contributed by atoms with van der Waals surface area (Å²) in [5.74, 6) is -0.820. The van der Waals surface area contributed by atoms with E-state index in [0.717, 1.165) is 16.8 Å². The number of aromatic nitrogens is 1. The van der Waals surface area contributed by atoms with Gasteiger partial charge in [0.1, 0.15) is 22.8 Å². The monoisotopic (exact) mass is 373 g/mol. The summed E-state index contributed by atoms with van der Waals surface area (Å²) in [6, 6.07) is 10.0. The molecule has 0 radical (unpaired) electrons. The molecule has 0 fully saturated rings. The average Bonchev–Trinajstić information content (AvgIpc) is 2.95. The summed E-state index contributed by atoms with van der Waals surface area (Å²) in [6.07, 6.45) is 0. The Bertz CT molecular complexity index is 965. The number of nitrogens with zero attached hydrogens (tertiary/aromatic N) is 1. The minimum absolute atomic E-state index is 0.0303. The number of hydrogen-bond donors (Lipinski definition) is 2. The first kappa shape index (κ1) is 17.9. The molecular formula is C19H17ClFN3O2. The summed E-state index contributed by atoms with van der Waals surface area (Å²) in [5, 5.41) is 3.97. The highest BCUT2D eigenvalue weighted by Gasteiger charge is 2.25. The Labute approximate surface area is 155 Å². The van der Waals surface area contributed by atoms with Crippen molar-refractivity contribution in [1.29, 1.82) is 0 Å². The molecule has 7 heteroatoms. The van der Waals surface area contributed by atoms with Crippen molar-refractivity contribution >= 4 is 23.2 Å². The summed E-state index contributed by atoms with van der Waals surface area (Å²) >= 11 is 6.09. The van der Waals surface area contributed by atoms with E-state index in [1.165, 1.54) is 18.2 Å². The van der Waals surface area contributed by atoms with E-state index in [0.29, 0.717) is 0 Å². The summed E-state index contributed by atoms with van der Waals surface area (Å²) < 4.78 is 19.3. The third-order valence-corrected chi connectivity index (χ3v) is 4.30. The molecule has 5 nitrogen and oxygen atoms in total. The SMILES string of the molecule is Cc1ccc(NNC(=O)c2c(-c3c(F)cccc3Cl)noc2C)c(C)c1. The zero-order valence-electron chi connectivity index (χ0n) is 14.5. The Balaban J connectivity index is 1.90. The number of amides is 1.